The second kappa shape index (κ2) is 2.54. The van der Waals surface area contributed by atoms with Gasteiger partial charge in [0.1, 0.15) is 12.6 Å². The van der Waals surface area contributed by atoms with E-state index in [1.165, 1.54) is 0 Å². The van der Waals surface area contributed by atoms with Gasteiger partial charge in [-0.25, -0.2) is 5.11 Å². The van der Waals surface area contributed by atoms with Crippen LogP contribution in [0.25, 0.3) is 0 Å². The zero-order valence-corrected chi connectivity index (χ0v) is 3.63. The second-order valence-electron chi connectivity index (χ2n) is 1.11. The van der Waals surface area contributed by atoms with Crippen LogP contribution in [0.1, 0.15) is 0 Å². The molecule has 0 spiro atoms. The van der Waals surface area contributed by atoms with Crippen LogP contribution in [0.5, 0.6) is 0 Å². The van der Waals surface area contributed by atoms with Crippen molar-refractivity contribution in [3.05, 3.63) is 0 Å². The normalized spacial score (nSPS) is 13.4. The van der Waals surface area contributed by atoms with Crippen LogP contribution in [-0.4, -0.2) is 23.7 Å². The van der Waals surface area contributed by atoms with Gasteiger partial charge >= 0.3 is 5.97 Å². The van der Waals surface area contributed by atoms with Gasteiger partial charge in [-0.1, -0.05) is 0 Å². The lowest BCUT2D eigenvalue weighted by molar-refractivity contribution is -0.139. The number of rotatable bonds is 2. The monoisotopic (exact) mass is 104 g/mol. The molecule has 0 aromatic heterocycles. The Balaban J connectivity index is 3.34. The Morgan fingerprint density at radius 3 is 2.29 bits per heavy atom. The van der Waals surface area contributed by atoms with Crippen molar-refractivity contribution in [1.29, 1.82) is 0 Å². The highest BCUT2D eigenvalue weighted by molar-refractivity contribution is 5.73. The van der Waals surface area contributed by atoms with Crippen LogP contribution in [0.15, 0.2) is 0 Å². The summed E-state index contributed by atoms with van der Waals surface area (Å²) in [5.41, 5.74) is 4.70. The molecule has 0 aliphatic rings. The number of hydrogen-bond donors (Lipinski definition) is 2. The van der Waals surface area contributed by atoms with Gasteiger partial charge in [-0.05, 0) is 0 Å². The zero-order valence-electron chi connectivity index (χ0n) is 3.63. The highest BCUT2D eigenvalue weighted by Gasteiger charge is 2.08. The number of nitrogens with two attached hydrogens (primary N) is 1. The predicted octanol–water partition coefficient (Wildman–Crippen LogP) is -1.17. The molecular weight excluding hydrogens is 98.0 g/mol. The summed E-state index contributed by atoms with van der Waals surface area (Å²) in [7, 11) is 0. The van der Waals surface area contributed by atoms with Crippen LogP contribution in [0.2, 0.25) is 0 Å². The molecule has 1 atom stereocenters. The van der Waals surface area contributed by atoms with E-state index >= 15 is 0 Å². The Morgan fingerprint density at radius 1 is 1.86 bits per heavy atom. The Morgan fingerprint density at radius 2 is 2.29 bits per heavy atom. The van der Waals surface area contributed by atoms with E-state index in [1.54, 1.807) is 0 Å². The molecule has 1 radical (unpaired) electrons. The number of hydrogen-bond acceptors (Lipinski definition) is 2. The van der Waals surface area contributed by atoms with Gasteiger partial charge in [0.25, 0.3) is 0 Å². The maximum absolute atomic E-state index is 9.61. The summed E-state index contributed by atoms with van der Waals surface area (Å²) in [4.78, 5) is 9.61. The van der Waals surface area contributed by atoms with E-state index in [4.69, 9.17) is 10.8 Å². The molecule has 3 N–H and O–H groups in total. The smallest absolute Gasteiger partial charge is 0.323 e. The Bertz CT molecular complexity index is 72.6. The zero-order chi connectivity index (χ0) is 5.86. The third-order valence-corrected chi connectivity index (χ3v) is 0.497. The molecule has 0 aliphatic heterocycles. The largest absolute Gasteiger partial charge is 0.480 e. The van der Waals surface area contributed by atoms with E-state index in [1.807, 2.05) is 0 Å². The van der Waals surface area contributed by atoms with Gasteiger partial charge in [0.15, 0.2) is 0 Å². The summed E-state index contributed by atoms with van der Waals surface area (Å²) in [6.45, 7) is -0.755. The van der Waals surface area contributed by atoms with E-state index in [-0.39, 0.29) is 0 Å². The minimum Gasteiger partial charge on any atom is -0.480 e. The first-order valence-corrected chi connectivity index (χ1v) is 1.75. The molecule has 1 unspecified atom stereocenters. The van der Waals surface area contributed by atoms with Crippen LogP contribution < -0.4 is 5.73 Å². The molecule has 0 aromatic rings. The van der Waals surface area contributed by atoms with Crippen molar-refractivity contribution in [2.24, 2.45) is 5.73 Å². The lowest BCUT2D eigenvalue weighted by atomic mass is 10.3. The Kier molecular flexibility index (Phi) is 2.32. The Hall–Kier alpha value is -0.610. The van der Waals surface area contributed by atoms with Gasteiger partial charge in [-0.2, -0.15) is 0 Å². The molecule has 4 heteroatoms. The van der Waals surface area contributed by atoms with Crippen molar-refractivity contribution in [3.8, 4) is 0 Å². The summed E-state index contributed by atoms with van der Waals surface area (Å²) in [6.07, 6.45) is 0. The first-order chi connectivity index (χ1) is 3.18. The van der Waals surface area contributed by atoms with E-state index in [2.05, 4.69) is 0 Å². The lowest BCUT2D eigenvalue weighted by Crippen LogP contribution is -2.32. The Labute approximate surface area is 40.6 Å². The topological polar surface area (TPSA) is 83.2 Å². The van der Waals surface area contributed by atoms with E-state index in [0.717, 1.165) is 0 Å². The average Bonchev–Trinajstić information content (AvgIpc) is 1.65. The fraction of sp³-hybridized carbons (Fsp3) is 0.667. The molecular formula is C3H6NO3. The number of carboxylic acids is 1. The summed E-state index contributed by atoms with van der Waals surface area (Å²) >= 11 is 0. The van der Waals surface area contributed by atoms with Gasteiger partial charge < -0.3 is 10.8 Å². The third-order valence-electron chi connectivity index (χ3n) is 0.497. The number of carboxylic acid groups (broad SMARTS) is 1. The molecule has 0 bridgehead atoms. The van der Waals surface area contributed by atoms with E-state index < -0.39 is 18.6 Å². The quantitative estimate of drug-likeness (QED) is 0.463. The predicted molar refractivity (Wildman–Crippen MR) is 21.2 cm³/mol. The van der Waals surface area contributed by atoms with Crippen LogP contribution in [0.3, 0.4) is 0 Å². The van der Waals surface area contributed by atoms with Crippen LogP contribution in [0.4, 0.5) is 0 Å². The van der Waals surface area contributed by atoms with E-state index in [0.29, 0.717) is 0 Å². The maximum Gasteiger partial charge on any atom is 0.323 e. The average molecular weight is 104 g/mol. The van der Waals surface area contributed by atoms with Crippen LogP contribution in [0, 0.1) is 0 Å². The second-order valence-corrected chi connectivity index (χ2v) is 1.11. The maximum atomic E-state index is 9.61. The summed E-state index contributed by atoms with van der Waals surface area (Å²) in [5.74, 6) is -1.24. The fourth-order valence-corrected chi connectivity index (χ4v) is 0.0713. The van der Waals surface area contributed by atoms with Gasteiger partial charge in [-0.15, -0.1) is 0 Å². The summed E-state index contributed by atoms with van der Waals surface area (Å²) in [5, 5.41) is 17.4. The van der Waals surface area contributed by atoms with Crippen LogP contribution >= 0.6 is 0 Å². The molecule has 0 rings (SSSR count). The number of aliphatic carboxylic acids is 1. The molecule has 41 valence electrons. The van der Waals surface area contributed by atoms with Gasteiger partial charge in [0.2, 0.25) is 0 Å². The standard InChI is InChI=1S/C3H6NO3/c4-2(1-5)3(6)7/h2H,1,4H2,(H,6,7). The molecule has 0 saturated heterocycles. The highest BCUT2D eigenvalue weighted by atomic mass is 16.4. The highest BCUT2D eigenvalue weighted by Crippen LogP contribution is 1.71. The summed E-state index contributed by atoms with van der Waals surface area (Å²) in [6, 6.07) is -1.24. The van der Waals surface area contributed by atoms with Gasteiger partial charge in [0, 0.05) is 0 Å². The van der Waals surface area contributed by atoms with Crippen molar-refractivity contribution in [2.75, 3.05) is 6.61 Å². The molecule has 0 heterocycles. The summed E-state index contributed by atoms with van der Waals surface area (Å²) < 4.78 is 0. The third kappa shape index (κ3) is 2.13. The number of carbonyl (C=O) groups is 1. The minimum atomic E-state index is -1.24. The van der Waals surface area contributed by atoms with Crippen molar-refractivity contribution in [2.45, 2.75) is 6.04 Å². The van der Waals surface area contributed by atoms with Gasteiger partial charge in [0.05, 0.1) is 0 Å². The molecule has 0 fully saturated rings. The lowest BCUT2D eigenvalue weighted by Gasteiger charge is -1.94. The molecule has 7 heavy (non-hydrogen) atoms. The van der Waals surface area contributed by atoms with Gasteiger partial charge in [-0.3, -0.25) is 4.79 Å². The van der Waals surface area contributed by atoms with Crippen molar-refractivity contribution >= 4 is 5.97 Å². The first-order valence-electron chi connectivity index (χ1n) is 1.75. The SMILES string of the molecule is NC(C[O])C(=O)O. The fourth-order valence-electron chi connectivity index (χ4n) is 0.0713. The van der Waals surface area contributed by atoms with E-state index in [9.17, 15) is 9.90 Å². The van der Waals surface area contributed by atoms with Crippen molar-refractivity contribution in [1.82, 2.24) is 0 Å². The minimum absolute atomic E-state index is 0.755. The molecule has 4 nitrogen and oxygen atoms in total. The van der Waals surface area contributed by atoms with Crippen LogP contribution in [-0.2, 0) is 9.90 Å². The molecule has 0 aliphatic carbocycles. The molecule has 0 amide bonds. The van der Waals surface area contributed by atoms with Crippen molar-refractivity contribution < 1.29 is 15.0 Å². The van der Waals surface area contributed by atoms with Crippen molar-refractivity contribution in [3.63, 3.8) is 0 Å². The molecule has 0 aromatic carbocycles. The molecule has 0 saturated carbocycles. The first kappa shape index (κ1) is 6.39.